The Balaban J connectivity index is 1.23. The lowest BCUT2D eigenvalue weighted by Crippen LogP contribution is -2.48. The summed E-state index contributed by atoms with van der Waals surface area (Å²) >= 11 is 0. The van der Waals surface area contributed by atoms with E-state index in [4.69, 9.17) is 19.7 Å². The summed E-state index contributed by atoms with van der Waals surface area (Å²) in [6, 6.07) is 4.82. The van der Waals surface area contributed by atoms with Crippen LogP contribution < -0.4 is 20.0 Å². The van der Waals surface area contributed by atoms with Gasteiger partial charge in [-0.2, -0.15) is 0 Å². The Morgan fingerprint density at radius 3 is 2.59 bits per heavy atom. The number of nitrogens with zero attached hydrogens (tertiary/aromatic N) is 3. The predicted octanol–water partition coefficient (Wildman–Crippen LogP) is 1.63. The molecule has 2 aliphatic heterocycles. The van der Waals surface area contributed by atoms with Crippen molar-refractivity contribution in [1.29, 1.82) is 0 Å². The highest BCUT2D eigenvalue weighted by molar-refractivity contribution is 5.92. The number of pyridine rings is 2. The molecule has 5 rings (SSSR count). The molecule has 0 bridgehead atoms. The van der Waals surface area contributed by atoms with E-state index in [1.54, 1.807) is 4.90 Å². The molecule has 4 N–H and O–H groups in total. The van der Waals surface area contributed by atoms with Crippen molar-refractivity contribution in [2.24, 2.45) is 0 Å². The number of hydrogen-bond donors (Lipinski definition) is 4. The van der Waals surface area contributed by atoms with Gasteiger partial charge in [-0.1, -0.05) is 0 Å². The topological polar surface area (TPSA) is 166 Å². The number of nitrogens with one attached hydrogen (secondary N) is 1. The molecule has 1 aromatic carbocycles. The third kappa shape index (κ3) is 5.07. The second-order valence-corrected chi connectivity index (χ2v) is 9.44. The number of carboxylic acid groups (broad SMARTS) is 1. The number of piperidine rings is 1. The fourth-order valence-electron chi connectivity index (χ4n) is 4.59. The van der Waals surface area contributed by atoms with Gasteiger partial charge in [-0.25, -0.2) is 23.4 Å². The van der Waals surface area contributed by atoms with Crippen LogP contribution in [0.1, 0.15) is 23.2 Å². The van der Waals surface area contributed by atoms with E-state index in [9.17, 15) is 28.3 Å². The molecule has 2 aromatic heterocycles. The molecular weight excluding hydrogens is 522 g/mol. The van der Waals surface area contributed by atoms with Crippen LogP contribution in [-0.4, -0.2) is 81.9 Å². The highest BCUT2D eigenvalue weighted by Gasteiger charge is 2.35. The lowest BCUT2D eigenvalue weighted by Gasteiger charge is -2.38. The summed E-state index contributed by atoms with van der Waals surface area (Å²) in [6.45, 7) is -0.154. The van der Waals surface area contributed by atoms with Crippen LogP contribution in [0.25, 0.3) is 11.0 Å². The number of ether oxygens (including phenoxy) is 2. The number of cyclic esters (lactones) is 1. The Hall–Kier alpha value is -4.30. The first-order valence-electron chi connectivity index (χ1n) is 12.0. The maximum atomic E-state index is 14.9. The van der Waals surface area contributed by atoms with Crippen LogP contribution in [-0.2, 0) is 4.74 Å². The Kier molecular flexibility index (Phi) is 6.82. The van der Waals surface area contributed by atoms with E-state index in [0.29, 0.717) is 0 Å². The molecule has 2 fully saturated rings. The first-order valence-corrected chi connectivity index (χ1v) is 12.0. The number of carbonyl (C=O) groups excluding carboxylic acids is 1. The number of anilines is 2. The van der Waals surface area contributed by atoms with Crippen molar-refractivity contribution in [1.82, 2.24) is 9.97 Å². The van der Waals surface area contributed by atoms with Gasteiger partial charge in [0, 0.05) is 25.4 Å². The summed E-state index contributed by atoms with van der Waals surface area (Å²) in [5.41, 5.74) is -2.46. The number of aliphatic hydroxyl groups is 2. The zero-order valence-electron chi connectivity index (χ0n) is 20.4. The molecule has 14 heteroatoms. The number of benzene rings is 1. The highest BCUT2D eigenvalue weighted by Crippen LogP contribution is 2.31. The Bertz CT molecular complexity index is 1510. The van der Waals surface area contributed by atoms with E-state index in [-0.39, 0.29) is 74.0 Å². The van der Waals surface area contributed by atoms with Crippen molar-refractivity contribution in [2.45, 2.75) is 24.5 Å². The summed E-state index contributed by atoms with van der Waals surface area (Å²) in [5.74, 6) is -3.20. The molecule has 206 valence electrons. The number of H-pyrrole nitrogens is 1. The monoisotopic (exact) mass is 546 g/mol. The van der Waals surface area contributed by atoms with E-state index < -0.39 is 46.4 Å². The lowest BCUT2D eigenvalue weighted by atomic mass is 9.92. The van der Waals surface area contributed by atoms with Gasteiger partial charge < -0.3 is 34.7 Å². The molecule has 0 saturated carbocycles. The summed E-state index contributed by atoms with van der Waals surface area (Å²) in [7, 11) is 0. The Morgan fingerprint density at radius 2 is 1.95 bits per heavy atom. The van der Waals surface area contributed by atoms with E-state index >= 15 is 0 Å². The van der Waals surface area contributed by atoms with Crippen molar-refractivity contribution in [3.8, 4) is 5.75 Å². The number of halogens is 2. The number of carboxylic acids is 1. The number of aliphatic hydroxyl groups excluding tert-OH is 1. The van der Waals surface area contributed by atoms with Crippen LogP contribution in [0.5, 0.6) is 5.75 Å². The Labute approximate surface area is 219 Å². The summed E-state index contributed by atoms with van der Waals surface area (Å²) in [5, 5.41) is 29.0. The highest BCUT2D eigenvalue weighted by atomic mass is 19.1. The van der Waals surface area contributed by atoms with Crippen LogP contribution in [0.15, 0.2) is 35.3 Å². The number of amides is 1. The number of carbonyl (C=O) groups is 2. The SMILES string of the molecule is O=C(O)c1c[nH]c2nc(N3CCC(O)(COc4ccc(N5C[C@H](CO)OC5=O)cc4F)CC3)c(F)cc2c1=O. The summed E-state index contributed by atoms with van der Waals surface area (Å²) < 4.78 is 40.0. The van der Waals surface area contributed by atoms with Gasteiger partial charge >= 0.3 is 12.1 Å². The number of aromatic amines is 1. The van der Waals surface area contributed by atoms with Crippen molar-refractivity contribution in [3.63, 3.8) is 0 Å². The summed E-state index contributed by atoms with van der Waals surface area (Å²) in [6.07, 6.45) is -0.105. The molecular formula is C25H24F2N4O8. The molecule has 2 saturated heterocycles. The molecule has 2 aliphatic rings. The zero-order chi connectivity index (χ0) is 27.9. The number of aromatic carboxylic acids is 1. The first kappa shape index (κ1) is 26.3. The number of rotatable bonds is 7. The molecule has 1 amide bonds. The van der Waals surface area contributed by atoms with E-state index in [2.05, 4.69) is 9.97 Å². The molecule has 3 aromatic rings. The predicted molar refractivity (Wildman–Crippen MR) is 132 cm³/mol. The smallest absolute Gasteiger partial charge is 0.414 e. The quantitative estimate of drug-likeness (QED) is 0.342. The normalized spacial score (nSPS) is 18.9. The van der Waals surface area contributed by atoms with Gasteiger partial charge in [-0.15, -0.1) is 0 Å². The van der Waals surface area contributed by atoms with Crippen molar-refractivity contribution in [2.75, 3.05) is 42.6 Å². The van der Waals surface area contributed by atoms with Gasteiger partial charge in [0.25, 0.3) is 0 Å². The molecule has 0 unspecified atom stereocenters. The standard InChI is InChI=1S/C25H24F2N4O8/c26-17-7-13(31-10-14(11-32)39-24(31)36)1-2-19(17)38-12-25(37)3-5-30(6-4-25)22-18(27)8-15-20(33)16(23(34)35)9-28-21(15)29-22/h1-2,7-9,14,32,37H,3-6,10-12H2,(H,34,35)(H,28,29,33)/t14-/m1/s1. The fourth-order valence-corrected chi connectivity index (χ4v) is 4.59. The van der Waals surface area contributed by atoms with Crippen molar-refractivity contribution in [3.05, 3.63) is 57.9 Å². The average Bonchev–Trinajstić information content (AvgIpc) is 3.29. The molecule has 4 heterocycles. The maximum Gasteiger partial charge on any atom is 0.414 e. The number of fused-ring (bicyclic) bond motifs is 1. The molecule has 1 atom stereocenters. The largest absolute Gasteiger partial charge is 0.488 e. The van der Waals surface area contributed by atoms with Gasteiger partial charge in [0.15, 0.2) is 23.2 Å². The molecule has 12 nitrogen and oxygen atoms in total. The van der Waals surface area contributed by atoms with Crippen LogP contribution in [0.2, 0.25) is 0 Å². The average molecular weight is 546 g/mol. The van der Waals surface area contributed by atoms with Crippen molar-refractivity contribution >= 4 is 34.6 Å². The van der Waals surface area contributed by atoms with Gasteiger partial charge in [0.2, 0.25) is 5.43 Å². The van der Waals surface area contributed by atoms with E-state index in [1.807, 2.05) is 0 Å². The van der Waals surface area contributed by atoms with Gasteiger partial charge in [-0.3, -0.25) is 9.69 Å². The van der Waals surface area contributed by atoms with Crippen molar-refractivity contribution < 1.29 is 43.2 Å². The van der Waals surface area contributed by atoms with Crippen LogP contribution in [0, 0.1) is 11.6 Å². The molecule has 0 aliphatic carbocycles. The lowest BCUT2D eigenvalue weighted by molar-refractivity contribution is -0.0251. The molecule has 39 heavy (non-hydrogen) atoms. The third-order valence-electron chi connectivity index (χ3n) is 6.83. The van der Waals surface area contributed by atoms with E-state index in [0.717, 1.165) is 18.3 Å². The van der Waals surface area contributed by atoms with Gasteiger partial charge in [0.1, 0.15) is 29.5 Å². The maximum absolute atomic E-state index is 14.9. The summed E-state index contributed by atoms with van der Waals surface area (Å²) in [4.78, 5) is 44.9. The first-order chi connectivity index (χ1) is 18.6. The van der Waals surface area contributed by atoms with Crippen LogP contribution in [0.3, 0.4) is 0 Å². The minimum atomic E-state index is -1.44. The van der Waals surface area contributed by atoms with Crippen LogP contribution >= 0.6 is 0 Å². The minimum absolute atomic E-state index is 0.0264. The molecule has 0 spiro atoms. The second-order valence-electron chi connectivity index (χ2n) is 9.44. The molecule has 0 radical (unpaired) electrons. The Morgan fingerprint density at radius 1 is 1.21 bits per heavy atom. The number of aromatic nitrogens is 2. The fraction of sp³-hybridized carbons (Fsp3) is 0.360. The zero-order valence-corrected chi connectivity index (χ0v) is 20.4. The third-order valence-corrected chi connectivity index (χ3v) is 6.83. The van der Waals surface area contributed by atoms with E-state index in [1.165, 1.54) is 17.0 Å². The number of hydrogen-bond acceptors (Lipinski definition) is 9. The van der Waals surface area contributed by atoms with Gasteiger partial charge in [-0.05, 0) is 31.0 Å². The minimum Gasteiger partial charge on any atom is -0.488 e. The van der Waals surface area contributed by atoms with Gasteiger partial charge in [0.05, 0.1) is 24.2 Å². The second kappa shape index (κ2) is 10.1. The van der Waals surface area contributed by atoms with Crippen LogP contribution in [0.4, 0.5) is 25.1 Å².